The van der Waals surface area contributed by atoms with Gasteiger partial charge in [-0.1, -0.05) is 64.2 Å². The van der Waals surface area contributed by atoms with Crippen LogP contribution in [0.2, 0.25) is 0 Å². The summed E-state index contributed by atoms with van der Waals surface area (Å²) in [4.78, 5) is 26.3. The van der Waals surface area contributed by atoms with Crippen molar-refractivity contribution in [3.05, 3.63) is 51.4 Å². The third-order valence-electron chi connectivity index (χ3n) is 3.21. The van der Waals surface area contributed by atoms with E-state index in [2.05, 4.69) is 21.2 Å². The highest BCUT2D eigenvalue weighted by Gasteiger charge is 2.33. The lowest BCUT2D eigenvalue weighted by atomic mass is 10.2. The molecule has 1 N–H and O–H groups in total. The van der Waals surface area contributed by atoms with Crippen LogP contribution in [0.3, 0.4) is 0 Å². The molecule has 4 nitrogen and oxygen atoms in total. The van der Waals surface area contributed by atoms with E-state index in [1.165, 1.54) is 16.7 Å². The quantitative estimate of drug-likeness (QED) is 0.327. The van der Waals surface area contributed by atoms with E-state index in [1.807, 2.05) is 43.3 Å². The number of thioether (sulfide) groups is 1. The number of halogens is 1. The first-order chi connectivity index (χ1) is 11.5. The van der Waals surface area contributed by atoms with E-state index in [4.69, 9.17) is 12.2 Å². The van der Waals surface area contributed by atoms with Crippen molar-refractivity contribution in [2.24, 2.45) is 0 Å². The van der Waals surface area contributed by atoms with E-state index in [9.17, 15) is 9.59 Å². The summed E-state index contributed by atoms with van der Waals surface area (Å²) in [5.74, 6) is -0.433. The number of nitrogens with one attached hydrogen (secondary N) is 1. The second-order valence-corrected chi connectivity index (χ2v) is 7.62. The Morgan fingerprint density at radius 1 is 1.38 bits per heavy atom. The van der Waals surface area contributed by atoms with Gasteiger partial charge in [-0.05, 0) is 37.1 Å². The lowest BCUT2D eigenvalue weighted by Crippen LogP contribution is -2.39. The van der Waals surface area contributed by atoms with Crippen molar-refractivity contribution in [2.45, 2.75) is 13.3 Å². The van der Waals surface area contributed by atoms with Crippen molar-refractivity contribution in [1.29, 1.82) is 0 Å². The molecule has 0 radical (unpaired) electrons. The number of carbonyl (C=O) groups excluding carboxylic acids is 2. The maximum Gasteiger partial charge on any atom is 0.266 e. The van der Waals surface area contributed by atoms with Crippen molar-refractivity contribution >= 4 is 62.1 Å². The molecule has 1 fully saturated rings. The Hall–Kier alpha value is -1.44. The monoisotopic (exact) mass is 424 g/mol. The summed E-state index contributed by atoms with van der Waals surface area (Å²) >= 11 is 9.83. The number of allylic oxidation sites excluding steroid dienone is 1. The van der Waals surface area contributed by atoms with Crippen LogP contribution in [0.4, 0.5) is 0 Å². The Labute approximate surface area is 159 Å². The fourth-order valence-corrected chi connectivity index (χ4v) is 3.53. The topological polar surface area (TPSA) is 49.4 Å². The van der Waals surface area contributed by atoms with Crippen LogP contribution in [-0.4, -0.2) is 34.1 Å². The number of rotatable bonds is 6. The highest BCUT2D eigenvalue weighted by atomic mass is 79.9. The first kappa shape index (κ1) is 18.9. The van der Waals surface area contributed by atoms with E-state index in [-0.39, 0.29) is 18.4 Å². The summed E-state index contributed by atoms with van der Waals surface area (Å²) in [6.45, 7) is 2.44. The molecule has 0 bridgehead atoms. The van der Waals surface area contributed by atoms with Crippen LogP contribution in [0, 0.1) is 0 Å². The number of benzene rings is 1. The number of thiocarbonyl (C=S) groups is 1. The second kappa shape index (κ2) is 9.15. The Morgan fingerprint density at radius 2 is 2.08 bits per heavy atom. The van der Waals surface area contributed by atoms with Gasteiger partial charge in [-0.3, -0.25) is 14.5 Å². The van der Waals surface area contributed by atoms with Gasteiger partial charge in [-0.25, -0.2) is 0 Å². The standard InChI is InChI=1S/C17H17BrN2O2S2/c1-2-3-4-9-19-15(21)11-20-16(22)14(24-17(20)23)10-12-5-7-13(18)8-6-12/h2-3,5-8,10H,4,9,11H2,1H3,(H,19,21)/b3-2+,14-10-. The number of nitrogens with zero attached hydrogens (tertiary/aromatic N) is 1. The van der Waals surface area contributed by atoms with E-state index in [1.54, 1.807) is 6.08 Å². The van der Waals surface area contributed by atoms with Crippen LogP contribution >= 0.6 is 39.9 Å². The molecule has 0 saturated carbocycles. The van der Waals surface area contributed by atoms with Gasteiger partial charge in [0.15, 0.2) is 0 Å². The fraction of sp³-hybridized carbons (Fsp3) is 0.235. The zero-order valence-electron chi connectivity index (χ0n) is 13.1. The van der Waals surface area contributed by atoms with Crippen LogP contribution in [0.1, 0.15) is 18.9 Å². The van der Waals surface area contributed by atoms with Crippen molar-refractivity contribution in [1.82, 2.24) is 10.2 Å². The maximum atomic E-state index is 12.4. The molecule has 0 aliphatic carbocycles. The molecule has 2 amide bonds. The predicted molar refractivity (Wildman–Crippen MR) is 106 cm³/mol. The molecule has 1 saturated heterocycles. The summed E-state index contributed by atoms with van der Waals surface area (Å²) in [5, 5.41) is 2.78. The molecule has 1 heterocycles. The Bertz CT molecular complexity index is 699. The SMILES string of the molecule is C/C=C/CCNC(=O)CN1C(=O)/C(=C/c2ccc(Br)cc2)SC1=S. The van der Waals surface area contributed by atoms with Gasteiger partial charge in [-0.15, -0.1) is 0 Å². The minimum atomic E-state index is -0.225. The molecule has 1 aromatic rings. The minimum Gasteiger partial charge on any atom is -0.354 e. The first-order valence-electron chi connectivity index (χ1n) is 7.40. The van der Waals surface area contributed by atoms with Crippen molar-refractivity contribution in [3.63, 3.8) is 0 Å². The number of hydrogen-bond acceptors (Lipinski definition) is 4. The van der Waals surface area contributed by atoms with Gasteiger partial charge in [0.05, 0.1) is 4.91 Å². The zero-order valence-corrected chi connectivity index (χ0v) is 16.3. The maximum absolute atomic E-state index is 12.4. The molecule has 1 aliphatic heterocycles. The highest BCUT2D eigenvalue weighted by molar-refractivity contribution is 9.10. The average Bonchev–Trinajstić information content (AvgIpc) is 2.81. The average molecular weight is 425 g/mol. The molecule has 0 spiro atoms. The Kier molecular flexibility index (Phi) is 7.20. The summed E-state index contributed by atoms with van der Waals surface area (Å²) in [6, 6.07) is 7.63. The van der Waals surface area contributed by atoms with Gasteiger partial charge < -0.3 is 5.32 Å². The summed E-state index contributed by atoms with van der Waals surface area (Å²) < 4.78 is 1.38. The molecule has 0 unspecified atom stereocenters. The smallest absolute Gasteiger partial charge is 0.266 e. The highest BCUT2D eigenvalue weighted by Crippen LogP contribution is 2.32. The van der Waals surface area contributed by atoms with Crippen molar-refractivity contribution in [3.8, 4) is 0 Å². The Morgan fingerprint density at radius 3 is 2.75 bits per heavy atom. The number of carbonyl (C=O) groups is 2. The van der Waals surface area contributed by atoms with Gasteiger partial charge in [0.2, 0.25) is 5.91 Å². The van der Waals surface area contributed by atoms with Gasteiger partial charge in [0.1, 0.15) is 10.9 Å². The molecule has 7 heteroatoms. The lowest BCUT2D eigenvalue weighted by Gasteiger charge is -2.13. The van der Waals surface area contributed by atoms with Gasteiger partial charge in [-0.2, -0.15) is 0 Å². The normalized spacial score (nSPS) is 16.4. The molecule has 1 aliphatic rings. The third kappa shape index (κ3) is 5.29. The van der Waals surface area contributed by atoms with Crippen LogP contribution < -0.4 is 5.32 Å². The van der Waals surface area contributed by atoms with Crippen molar-refractivity contribution in [2.75, 3.05) is 13.1 Å². The fourth-order valence-electron chi connectivity index (χ4n) is 2.01. The molecule has 2 rings (SSSR count). The van der Waals surface area contributed by atoms with Gasteiger partial charge >= 0.3 is 0 Å². The minimum absolute atomic E-state index is 0.0435. The van der Waals surface area contributed by atoms with Crippen LogP contribution in [0.5, 0.6) is 0 Å². The Balaban J connectivity index is 1.98. The van der Waals surface area contributed by atoms with Crippen LogP contribution in [0.25, 0.3) is 6.08 Å². The van der Waals surface area contributed by atoms with E-state index in [0.29, 0.717) is 15.8 Å². The van der Waals surface area contributed by atoms with Gasteiger partial charge in [0, 0.05) is 11.0 Å². The molecule has 126 valence electrons. The van der Waals surface area contributed by atoms with Crippen molar-refractivity contribution < 1.29 is 9.59 Å². The predicted octanol–water partition coefficient (Wildman–Crippen LogP) is 3.73. The largest absolute Gasteiger partial charge is 0.354 e. The number of hydrogen-bond donors (Lipinski definition) is 1. The molecule has 0 atom stereocenters. The summed E-state index contributed by atoms with van der Waals surface area (Å²) in [7, 11) is 0. The second-order valence-electron chi connectivity index (χ2n) is 5.03. The third-order valence-corrected chi connectivity index (χ3v) is 5.12. The first-order valence-corrected chi connectivity index (χ1v) is 9.42. The van der Waals surface area contributed by atoms with Crippen LogP contribution in [-0.2, 0) is 9.59 Å². The zero-order chi connectivity index (χ0) is 17.5. The van der Waals surface area contributed by atoms with E-state index < -0.39 is 0 Å². The van der Waals surface area contributed by atoms with Crippen LogP contribution in [0.15, 0.2) is 45.8 Å². The van der Waals surface area contributed by atoms with E-state index >= 15 is 0 Å². The molecule has 1 aromatic carbocycles. The molecule has 0 aromatic heterocycles. The summed E-state index contributed by atoms with van der Waals surface area (Å²) in [5.41, 5.74) is 0.912. The molecule has 24 heavy (non-hydrogen) atoms. The van der Waals surface area contributed by atoms with Gasteiger partial charge in [0.25, 0.3) is 5.91 Å². The van der Waals surface area contributed by atoms with E-state index in [0.717, 1.165) is 16.5 Å². The molecular weight excluding hydrogens is 408 g/mol. The number of amides is 2. The lowest BCUT2D eigenvalue weighted by molar-refractivity contribution is -0.128. The summed E-state index contributed by atoms with van der Waals surface area (Å²) in [6.07, 6.45) is 6.46. The molecular formula is C17H17BrN2O2S2.